The number of hydrogen-bond acceptors (Lipinski definition) is 3. The monoisotopic (exact) mass is 387 g/mol. The minimum Gasteiger partial charge on any atom is -0.342 e. The molecule has 1 heterocycles. The number of amides is 3. The summed E-state index contributed by atoms with van der Waals surface area (Å²) in [6, 6.07) is 7.60. The SMILES string of the molecule is CCCC(=O)N1CCCC(C(=O)N(CCC)CC(=O)Nc2ccccc2C)C1. The van der Waals surface area contributed by atoms with Crippen molar-refractivity contribution in [3.63, 3.8) is 0 Å². The van der Waals surface area contributed by atoms with E-state index >= 15 is 0 Å². The molecule has 0 spiro atoms. The first-order valence-corrected chi connectivity index (χ1v) is 10.4. The lowest BCUT2D eigenvalue weighted by Gasteiger charge is -2.35. The summed E-state index contributed by atoms with van der Waals surface area (Å²) in [6.45, 7) is 7.70. The number of piperidine rings is 1. The Morgan fingerprint density at radius 2 is 1.93 bits per heavy atom. The van der Waals surface area contributed by atoms with Crippen LogP contribution in [0.25, 0.3) is 0 Å². The van der Waals surface area contributed by atoms with Crippen molar-refractivity contribution in [2.75, 3.05) is 31.5 Å². The van der Waals surface area contributed by atoms with Crippen LogP contribution in [0.3, 0.4) is 0 Å². The molecule has 28 heavy (non-hydrogen) atoms. The lowest BCUT2D eigenvalue weighted by molar-refractivity contribution is -0.142. The molecule has 6 heteroatoms. The van der Waals surface area contributed by atoms with Gasteiger partial charge in [-0.2, -0.15) is 0 Å². The van der Waals surface area contributed by atoms with E-state index in [1.54, 1.807) is 4.90 Å². The van der Waals surface area contributed by atoms with Gasteiger partial charge in [0.25, 0.3) is 0 Å². The van der Waals surface area contributed by atoms with Gasteiger partial charge in [0.15, 0.2) is 0 Å². The highest BCUT2D eigenvalue weighted by molar-refractivity contribution is 5.95. The molecule has 1 atom stereocenters. The lowest BCUT2D eigenvalue weighted by atomic mass is 9.96. The number of carbonyl (C=O) groups is 3. The van der Waals surface area contributed by atoms with Gasteiger partial charge in [-0.3, -0.25) is 14.4 Å². The van der Waals surface area contributed by atoms with E-state index in [9.17, 15) is 14.4 Å². The molecule has 6 nitrogen and oxygen atoms in total. The van der Waals surface area contributed by atoms with E-state index in [2.05, 4.69) is 5.32 Å². The van der Waals surface area contributed by atoms with Crippen LogP contribution < -0.4 is 5.32 Å². The van der Waals surface area contributed by atoms with Crippen molar-refractivity contribution in [1.29, 1.82) is 0 Å². The smallest absolute Gasteiger partial charge is 0.244 e. The van der Waals surface area contributed by atoms with Crippen LogP contribution in [-0.2, 0) is 14.4 Å². The van der Waals surface area contributed by atoms with Crippen molar-refractivity contribution in [2.45, 2.75) is 52.9 Å². The zero-order valence-corrected chi connectivity index (χ0v) is 17.4. The third kappa shape index (κ3) is 6.08. The van der Waals surface area contributed by atoms with Crippen LogP contribution in [-0.4, -0.2) is 53.7 Å². The van der Waals surface area contributed by atoms with Gasteiger partial charge in [-0.1, -0.05) is 32.0 Å². The van der Waals surface area contributed by atoms with Crippen LogP contribution in [0.15, 0.2) is 24.3 Å². The Hall–Kier alpha value is -2.37. The van der Waals surface area contributed by atoms with Crippen LogP contribution in [0.5, 0.6) is 0 Å². The summed E-state index contributed by atoms with van der Waals surface area (Å²) in [5.74, 6) is -0.298. The molecule has 0 saturated carbocycles. The summed E-state index contributed by atoms with van der Waals surface area (Å²) < 4.78 is 0. The number of likely N-dealkylation sites (tertiary alicyclic amines) is 1. The van der Waals surface area contributed by atoms with Crippen molar-refractivity contribution in [3.8, 4) is 0 Å². The molecule has 1 aromatic rings. The minimum absolute atomic E-state index is 0.0178. The van der Waals surface area contributed by atoms with E-state index in [0.717, 1.165) is 43.5 Å². The van der Waals surface area contributed by atoms with Crippen LogP contribution in [0.1, 0.15) is 51.5 Å². The lowest BCUT2D eigenvalue weighted by Crippen LogP contribution is -2.48. The molecule has 2 rings (SSSR count). The maximum absolute atomic E-state index is 13.1. The average molecular weight is 388 g/mol. The molecule has 0 aromatic heterocycles. The molecule has 1 unspecified atom stereocenters. The van der Waals surface area contributed by atoms with E-state index in [4.69, 9.17) is 0 Å². The highest BCUT2D eigenvalue weighted by Crippen LogP contribution is 2.20. The second-order valence-corrected chi connectivity index (χ2v) is 7.55. The molecule has 1 aromatic carbocycles. The molecular formula is C22H33N3O3. The summed E-state index contributed by atoms with van der Waals surface area (Å²) >= 11 is 0. The third-order valence-electron chi connectivity index (χ3n) is 5.15. The van der Waals surface area contributed by atoms with Gasteiger partial charge in [-0.15, -0.1) is 0 Å². The molecule has 1 aliphatic rings. The standard InChI is InChI=1S/C22H33N3O3/c1-4-9-21(27)24-14-8-11-18(15-24)22(28)25(13-5-2)16-20(26)23-19-12-7-6-10-17(19)3/h6-7,10,12,18H,4-5,8-9,11,13-16H2,1-3H3,(H,23,26). The van der Waals surface area contributed by atoms with Crippen molar-refractivity contribution < 1.29 is 14.4 Å². The Labute approximate surface area is 168 Å². The number of anilines is 1. The minimum atomic E-state index is -0.215. The van der Waals surface area contributed by atoms with Gasteiger partial charge in [0, 0.05) is 31.7 Å². The summed E-state index contributed by atoms with van der Waals surface area (Å²) in [5, 5.41) is 2.90. The fraction of sp³-hybridized carbons (Fsp3) is 0.591. The van der Waals surface area contributed by atoms with E-state index in [-0.39, 0.29) is 30.2 Å². The Morgan fingerprint density at radius 3 is 2.61 bits per heavy atom. The molecule has 1 aliphatic heterocycles. The number of aryl methyl sites for hydroxylation is 1. The first-order valence-electron chi connectivity index (χ1n) is 10.4. The summed E-state index contributed by atoms with van der Waals surface area (Å²) in [7, 11) is 0. The Balaban J connectivity index is 1.99. The van der Waals surface area contributed by atoms with Crippen molar-refractivity contribution >= 4 is 23.4 Å². The van der Waals surface area contributed by atoms with Crippen LogP contribution >= 0.6 is 0 Å². The topological polar surface area (TPSA) is 69.7 Å². The van der Waals surface area contributed by atoms with Crippen molar-refractivity contribution in [2.24, 2.45) is 5.92 Å². The largest absolute Gasteiger partial charge is 0.342 e. The van der Waals surface area contributed by atoms with Gasteiger partial charge in [0.1, 0.15) is 0 Å². The molecule has 1 saturated heterocycles. The zero-order chi connectivity index (χ0) is 20.5. The molecule has 0 bridgehead atoms. The number of para-hydroxylation sites is 1. The van der Waals surface area contributed by atoms with E-state index in [0.29, 0.717) is 19.5 Å². The fourth-order valence-electron chi connectivity index (χ4n) is 3.65. The Kier molecular flexibility index (Phi) is 8.48. The zero-order valence-electron chi connectivity index (χ0n) is 17.4. The Morgan fingerprint density at radius 1 is 1.18 bits per heavy atom. The first-order chi connectivity index (χ1) is 13.5. The molecule has 3 amide bonds. The molecule has 1 fully saturated rings. The maximum Gasteiger partial charge on any atom is 0.244 e. The van der Waals surface area contributed by atoms with E-state index in [1.165, 1.54) is 0 Å². The predicted molar refractivity (Wildman–Crippen MR) is 111 cm³/mol. The van der Waals surface area contributed by atoms with Crippen molar-refractivity contribution in [1.82, 2.24) is 9.80 Å². The quantitative estimate of drug-likeness (QED) is 0.745. The average Bonchev–Trinajstić information content (AvgIpc) is 2.69. The first kappa shape index (κ1) is 21.9. The summed E-state index contributed by atoms with van der Waals surface area (Å²) in [6.07, 6.45) is 3.73. The van der Waals surface area contributed by atoms with Gasteiger partial charge in [-0.25, -0.2) is 0 Å². The Bertz CT molecular complexity index is 689. The molecular weight excluding hydrogens is 354 g/mol. The number of rotatable bonds is 8. The second-order valence-electron chi connectivity index (χ2n) is 7.55. The second kappa shape index (κ2) is 10.8. The van der Waals surface area contributed by atoms with Crippen molar-refractivity contribution in [3.05, 3.63) is 29.8 Å². The fourth-order valence-corrected chi connectivity index (χ4v) is 3.65. The van der Waals surface area contributed by atoms with Crippen LogP contribution in [0.2, 0.25) is 0 Å². The number of nitrogens with one attached hydrogen (secondary N) is 1. The summed E-state index contributed by atoms with van der Waals surface area (Å²) in [5.41, 5.74) is 1.76. The molecule has 154 valence electrons. The van der Waals surface area contributed by atoms with Gasteiger partial charge < -0.3 is 15.1 Å². The third-order valence-corrected chi connectivity index (χ3v) is 5.15. The normalized spacial score (nSPS) is 16.5. The molecule has 1 N–H and O–H groups in total. The van der Waals surface area contributed by atoms with E-state index in [1.807, 2.05) is 49.9 Å². The molecule has 0 radical (unpaired) electrons. The highest BCUT2D eigenvalue weighted by Gasteiger charge is 2.31. The highest BCUT2D eigenvalue weighted by atomic mass is 16.2. The van der Waals surface area contributed by atoms with E-state index < -0.39 is 0 Å². The predicted octanol–water partition coefficient (Wildman–Crippen LogP) is 3.21. The van der Waals surface area contributed by atoms with Gasteiger partial charge in [0.05, 0.1) is 12.5 Å². The molecule has 0 aliphatic carbocycles. The van der Waals surface area contributed by atoms with Crippen LogP contribution in [0, 0.1) is 12.8 Å². The summed E-state index contributed by atoms with van der Waals surface area (Å²) in [4.78, 5) is 41.3. The number of benzene rings is 1. The van der Waals surface area contributed by atoms with Gasteiger partial charge >= 0.3 is 0 Å². The van der Waals surface area contributed by atoms with Gasteiger partial charge in [0.2, 0.25) is 17.7 Å². The maximum atomic E-state index is 13.1. The van der Waals surface area contributed by atoms with Gasteiger partial charge in [-0.05, 0) is 44.2 Å². The number of nitrogens with zero attached hydrogens (tertiary/aromatic N) is 2. The number of hydrogen-bond donors (Lipinski definition) is 1. The van der Waals surface area contributed by atoms with Crippen LogP contribution in [0.4, 0.5) is 5.69 Å². The number of carbonyl (C=O) groups excluding carboxylic acids is 3.